The van der Waals surface area contributed by atoms with Crippen molar-refractivity contribution in [1.29, 1.82) is 0 Å². The number of nitrogens with zero attached hydrogens (tertiary/aromatic N) is 2. The predicted molar refractivity (Wildman–Crippen MR) is 88.5 cm³/mol. The zero-order chi connectivity index (χ0) is 16.1. The highest BCUT2D eigenvalue weighted by molar-refractivity contribution is 5.81. The number of piperidine rings is 1. The molecule has 1 amide bonds. The Balaban J connectivity index is 1.91. The number of hydrogen-bond acceptors (Lipinski definition) is 3. The van der Waals surface area contributed by atoms with Crippen molar-refractivity contribution < 1.29 is 9.90 Å². The summed E-state index contributed by atoms with van der Waals surface area (Å²) in [7, 11) is 3.91. The molecule has 2 rings (SSSR count). The van der Waals surface area contributed by atoms with Gasteiger partial charge in [0, 0.05) is 13.1 Å². The molecule has 2 unspecified atom stereocenters. The van der Waals surface area contributed by atoms with Crippen molar-refractivity contribution in [2.75, 3.05) is 27.2 Å². The molecular weight excluding hydrogens is 276 g/mol. The molecule has 122 valence electrons. The number of benzene rings is 1. The van der Waals surface area contributed by atoms with Crippen LogP contribution in [0.25, 0.3) is 0 Å². The zero-order valence-corrected chi connectivity index (χ0v) is 13.9. The highest BCUT2D eigenvalue weighted by Gasteiger charge is 2.31. The van der Waals surface area contributed by atoms with Gasteiger partial charge in [-0.3, -0.25) is 9.69 Å². The highest BCUT2D eigenvalue weighted by Crippen LogP contribution is 2.30. The predicted octanol–water partition coefficient (Wildman–Crippen LogP) is 2.30. The molecule has 1 aromatic rings. The van der Waals surface area contributed by atoms with Gasteiger partial charge in [0.05, 0.1) is 12.1 Å². The molecule has 1 aliphatic rings. The van der Waals surface area contributed by atoms with Crippen LogP contribution in [0.1, 0.15) is 37.9 Å². The molecule has 1 aliphatic heterocycles. The van der Waals surface area contributed by atoms with Gasteiger partial charge in [-0.25, -0.2) is 0 Å². The van der Waals surface area contributed by atoms with Gasteiger partial charge in [0.2, 0.25) is 5.91 Å². The Morgan fingerprint density at radius 2 is 1.86 bits per heavy atom. The van der Waals surface area contributed by atoms with E-state index in [2.05, 4.69) is 6.92 Å². The van der Waals surface area contributed by atoms with E-state index in [1.165, 1.54) is 0 Å². The summed E-state index contributed by atoms with van der Waals surface area (Å²) >= 11 is 0. The molecule has 2 atom stereocenters. The van der Waals surface area contributed by atoms with Gasteiger partial charge in [0.25, 0.3) is 0 Å². The molecule has 0 aromatic heterocycles. The average molecular weight is 304 g/mol. The number of rotatable bonds is 5. The fourth-order valence-corrected chi connectivity index (χ4v) is 3.33. The topological polar surface area (TPSA) is 43.8 Å². The van der Waals surface area contributed by atoms with E-state index in [0.717, 1.165) is 37.9 Å². The Kier molecular flexibility index (Phi) is 5.98. The first-order chi connectivity index (χ1) is 10.5. The third-order valence-corrected chi connectivity index (χ3v) is 4.73. The molecule has 22 heavy (non-hydrogen) atoms. The minimum atomic E-state index is -0.422. The van der Waals surface area contributed by atoms with Crippen molar-refractivity contribution in [2.24, 2.45) is 5.92 Å². The molecule has 1 fully saturated rings. The van der Waals surface area contributed by atoms with Crippen LogP contribution in [0.5, 0.6) is 0 Å². The lowest BCUT2D eigenvalue weighted by Gasteiger charge is -2.37. The standard InChI is InChI=1S/C18H28N2O2/c1-4-16(19(2)3)18(22)20-12-10-15(11-13-20)17(21)14-8-6-5-7-9-14/h5-9,15-17,21H,4,10-13H2,1-3H3. The van der Waals surface area contributed by atoms with Crippen molar-refractivity contribution in [3.63, 3.8) is 0 Å². The number of hydrogen-bond donors (Lipinski definition) is 1. The Hall–Kier alpha value is -1.39. The van der Waals surface area contributed by atoms with E-state index in [-0.39, 0.29) is 17.9 Å². The second-order valence-corrected chi connectivity index (χ2v) is 6.41. The van der Waals surface area contributed by atoms with Gasteiger partial charge in [-0.15, -0.1) is 0 Å². The van der Waals surface area contributed by atoms with E-state index < -0.39 is 6.10 Å². The lowest BCUT2D eigenvalue weighted by atomic mass is 9.87. The Morgan fingerprint density at radius 1 is 1.27 bits per heavy atom. The van der Waals surface area contributed by atoms with Crippen molar-refractivity contribution in [3.8, 4) is 0 Å². The maximum atomic E-state index is 12.5. The molecule has 1 saturated heterocycles. The second kappa shape index (κ2) is 7.75. The van der Waals surface area contributed by atoms with Gasteiger partial charge in [-0.1, -0.05) is 37.3 Å². The van der Waals surface area contributed by atoms with E-state index in [0.29, 0.717) is 0 Å². The largest absolute Gasteiger partial charge is 0.388 e. The first-order valence-electron chi connectivity index (χ1n) is 8.22. The van der Waals surface area contributed by atoms with Crippen LogP contribution in [-0.2, 0) is 4.79 Å². The summed E-state index contributed by atoms with van der Waals surface area (Å²) in [5.41, 5.74) is 0.979. The molecule has 0 saturated carbocycles. The highest BCUT2D eigenvalue weighted by atomic mass is 16.3. The van der Waals surface area contributed by atoms with Crippen LogP contribution in [0.3, 0.4) is 0 Å². The minimum absolute atomic E-state index is 0.0319. The van der Waals surface area contributed by atoms with Crippen LogP contribution in [-0.4, -0.2) is 54.0 Å². The maximum Gasteiger partial charge on any atom is 0.239 e. The van der Waals surface area contributed by atoms with Crippen molar-refractivity contribution >= 4 is 5.91 Å². The fourth-order valence-electron chi connectivity index (χ4n) is 3.33. The fraction of sp³-hybridized carbons (Fsp3) is 0.611. The second-order valence-electron chi connectivity index (χ2n) is 6.41. The number of aliphatic hydroxyl groups is 1. The Labute approximate surface area is 133 Å². The third-order valence-electron chi connectivity index (χ3n) is 4.73. The van der Waals surface area contributed by atoms with Crippen LogP contribution in [0.15, 0.2) is 30.3 Å². The molecule has 0 bridgehead atoms. The molecule has 1 heterocycles. The van der Waals surface area contributed by atoms with Gasteiger partial charge in [0.15, 0.2) is 0 Å². The Bertz CT molecular complexity index is 467. The molecule has 1 aromatic carbocycles. The molecular formula is C18H28N2O2. The van der Waals surface area contributed by atoms with E-state index in [9.17, 15) is 9.90 Å². The smallest absolute Gasteiger partial charge is 0.239 e. The SMILES string of the molecule is CCC(C(=O)N1CCC(C(O)c2ccccc2)CC1)N(C)C. The van der Waals surface area contributed by atoms with Crippen LogP contribution in [0.4, 0.5) is 0 Å². The third kappa shape index (κ3) is 3.87. The van der Waals surface area contributed by atoms with Crippen LogP contribution >= 0.6 is 0 Å². The first kappa shape index (κ1) is 17.0. The Morgan fingerprint density at radius 3 is 2.36 bits per heavy atom. The molecule has 0 aliphatic carbocycles. The molecule has 1 N–H and O–H groups in total. The number of amides is 1. The summed E-state index contributed by atoms with van der Waals surface area (Å²) in [6.45, 7) is 3.55. The lowest BCUT2D eigenvalue weighted by molar-refractivity contribution is -0.138. The summed E-state index contributed by atoms with van der Waals surface area (Å²) in [6, 6.07) is 9.79. The lowest BCUT2D eigenvalue weighted by Crippen LogP contribution is -2.48. The molecule has 4 heteroatoms. The summed E-state index contributed by atoms with van der Waals surface area (Å²) in [4.78, 5) is 16.5. The molecule has 0 spiro atoms. The number of carbonyl (C=O) groups is 1. The van der Waals surface area contributed by atoms with Crippen molar-refractivity contribution in [1.82, 2.24) is 9.80 Å². The first-order valence-corrected chi connectivity index (χ1v) is 8.22. The van der Waals surface area contributed by atoms with Crippen molar-refractivity contribution in [3.05, 3.63) is 35.9 Å². The zero-order valence-electron chi connectivity index (χ0n) is 13.9. The van der Waals surface area contributed by atoms with Gasteiger partial charge < -0.3 is 10.0 Å². The van der Waals surface area contributed by atoms with E-state index in [1.807, 2.05) is 54.2 Å². The summed E-state index contributed by atoms with van der Waals surface area (Å²) < 4.78 is 0. The van der Waals surface area contributed by atoms with E-state index in [4.69, 9.17) is 0 Å². The molecule has 4 nitrogen and oxygen atoms in total. The van der Waals surface area contributed by atoms with Crippen LogP contribution < -0.4 is 0 Å². The van der Waals surface area contributed by atoms with Gasteiger partial charge in [0.1, 0.15) is 0 Å². The minimum Gasteiger partial charge on any atom is -0.388 e. The van der Waals surface area contributed by atoms with E-state index >= 15 is 0 Å². The summed E-state index contributed by atoms with van der Waals surface area (Å²) in [5, 5.41) is 10.5. The van der Waals surface area contributed by atoms with Crippen molar-refractivity contribution in [2.45, 2.75) is 38.3 Å². The number of aliphatic hydroxyl groups excluding tert-OH is 1. The number of likely N-dealkylation sites (N-methyl/N-ethyl adjacent to an activating group) is 1. The number of likely N-dealkylation sites (tertiary alicyclic amines) is 1. The van der Waals surface area contributed by atoms with Gasteiger partial charge in [-0.2, -0.15) is 0 Å². The van der Waals surface area contributed by atoms with Crippen LogP contribution in [0, 0.1) is 5.92 Å². The maximum absolute atomic E-state index is 12.5. The van der Waals surface area contributed by atoms with Gasteiger partial charge >= 0.3 is 0 Å². The van der Waals surface area contributed by atoms with E-state index in [1.54, 1.807) is 0 Å². The normalized spacial score (nSPS) is 19.2. The summed E-state index contributed by atoms with van der Waals surface area (Å²) in [5.74, 6) is 0.464. The number of carbonyl (C=O) groups excluding carboxylic acids is 1. The van der Waals surface area contributed by atoms with Crippen LogP contribution in [0.2, 0.25) is 0 Å². The summed E-state index contributed by atoms with van der Waals surface area (Å²) in [6.07, 6.45) is 2.14. The monoisotopic (exact) mass is 304 g/mol. The van der Waals surface area contributed by atoms with Gasteiger partial charge in [-0.05, 0) is 44.8 Å². The average Bonchev–Trinajstić information content (AvgIpc) is 2.55. The quantitative estimate of drug-likeness (QED) is 0.908. The molecule has 0 radical (unpaired) electrons.